The van der Waals surface area contributed by atoms with Crippen molar-refractivity contribution in [3.63, 3.8) is 0 Å². The molecule has 4 aliphatic rings. The highest BCUT2D eigenvalue weighted by Gasteiger charge is 2.53. The minimum Gasteiger partial charge on any atom is -0.462 e. The standard InChI is InChI=1S/C45H65NO16/c1-24-19-30(17-18-47)41(42(54-9)34(58-28(5)48)22-36(51)55-25(2)20-33-32(59-33)16-15-31(24)49)62-44-39(52)38(46(7)8)40(26(3)57-44)61-37-23-45(6,53)43(27(4)56-37)60-35(50)21-29-13-11-10-12-14-29/h10-16,18,24-27,30,32-34,37-44,52-53H,17,19-23H2,1-9H3. The van der Waals surface area contributed by atoms with Crippen LogP contribution in [0.25, 0.3) is 0 Å². The van der Waals surface area contributed by atoms with Crippen LogP contribution in [0.1, 0.15) is 79.2 Å². The Morgan fingerprint density at radius 1 is 0.952 bits per heavy atom. The van der Waals surface area contributed by atoms with E-state index in [-0.39, 0.29) is 43.7 Å². The number of ether oxygens (including phenoxy) is 9. The number of ketones is 1. The molecular weight excluding hydrogens is 810 g/mol. The van der Waals surface area contributed by atoms with E-state index < -0.39 is 115 Å². The Bertz CT molecular complexity index is 1710. The van der Waals surface area contributed by atoms with Crippen molar-refractivity contribution in [2.24, 2.45) is 11.8 Å². The lowest BCUT2D eigenvalue weighted by molar-refractivity contribution is -0.344. The van der Waals surface area contributed by atoms with Crippen LogP contribution in [0.15, 0.2) is 42.5 Å². The molecule has 5 rings (SSSR count). The van der Waals surface area contributed by atoms with Crippen molar-refractivity contribution >= 4 is 30.0 Å². The average molecular weight is 876 g/mol. The van der Waals surface area contributed by atoms with Gasteiger partial charge in [-0.1, -0.05) is 37.3 Å². The van der Waals surface area contributed by atoms with Crippen LogP contribution in [-0.4, -0.2) is 158 Å². The van der Waals surface area contributed by atoms with Crippen LogP contribution in [0.4, 0.5) is 0 Å². The minimum absolute atomic E-state index is 0.0196. The van der Waals surface area contributed by atoms with Crippen molar-refractivity contribution in [3.05, 3.63) is 48.0 Å². The van der Waals surface area contributed by atoms with Gasteiger partial charge in [-0.25, -0.2) is 0 Å². The SMILES string of the molecule is COC1C(OC(C)=O)CC(=O)OC(C)CC2OC2C=CC(=O)C(C)CC(CC=O)C1OC1OC(C)C(OC2CC(C)(O)C(OC(=O)Cc3ccccc3)C(C)O2)C(N(C)C)C1O. The van der Waals surface area contributed by atoms with Crippen LogP contribution >= 0.6 is 0 Å². The van der Waals surface area contributed by atoms with Gasteiger partial charge in [-0.3, -0.25) is 19.2 Å². The Balaban J connectivity index is 1.38. The van der Waals surface area contributed by atoms with Crippen LogP contribution < -0.4 is 0 Å². The minimum atomic E-state index is -1.55. The Kier molecular flexibility index (Phi) is 17.4. The lowest BCUT2D eigenvalue weighted by atomic mass is 9.83. The number of aldehydes is 1. The smallest absolute Gasteiger partial charge is 0.310 e. The average Bonchev–Trinajstić information content (AvgIpc) is 3.93. The maximum Gasteiger partial charge on any atom is 0.310 e. The second-order valence-corrected chi connectivity index (χ2v) is 17.5. The molecule has 2 N–H and O–H groups in total. The van der Waals surface area contributed by atoms with Crippen molar-refractivity contribution in [2.75, 3.05) is 21.2 Å². The molecule has 0 aliphatic carbocycles. The number of methoxy groups -OCH3 is 1. The molecule has 4 heterocycles. The molecule has 17 unspecified atom stereocenters. The number of carbonyl (C=O) groups excluding carboxylic acids is 5. The molecule has 4 aliphatic heterocycles. The predicted molar refractivity (Wildman–Crippen MR) is 219 cm³/mol. The molecule has 0 bridgehead atoms. The molecule has 0 saturated carbocycles. The summed E-state index contributed by atoms with van der Waals surface area (Å²) in [5, 5.41) is 23.7. The third kappa shape index (κ3) is 13.0. The zero-order valence-electron chi connectivity index (χ0n) is 37.2. The highest BCUT2D eigenvalue weighted by molar-refractivity contribution is 5.91. The van der Waals surface area contributed by atoms with E-state index in [4.69, 9.17) is 42.6 Å². The summed E-state index contributed by atoms with van der Waals surface area (Å²) >= 11 is 0. The summed E-state index contributed by atoms with van der Waals surface area (Å²) < 4.78 is 54.5. The lowest BCUT2D eigenvalue weighted by Crippen LogP contribution is -2.66. The number of cyclic esters (lactones) is 1. The van der Waals surface area contributed by atoms with E-state index in [0.717, 1.165) is 5.56 Å². The first-order chi connectivity index (χ1) is 29.3. The fraction of sp³-hybridized carbons (Fsp3) is 0.711. The number of esters is 3. The molecule has 0 spiro atoms. The fourth-order valence-corrected chi connectivity index (χ4v) is 8.93. The van der Waals surface area contributed by atoms with Gasteiger partial charge in [0.15, 0.2) is 24.5 Å². The van der Waals surface area contributed by atoms with Gasteiger partial charge >= 0.3 is 17.9 Å². The summed E-state index contributed by atoms with van der Waals surface area (Å²) in [4.78, 5) is 66.3. The van der Waals surface area contributed by atoms with Crippen molar-refractivity contribution in [2.45, 2.75) is 171 Å². The molecule has 3 fully saturated rings. The number of hydrogen-bond acceptors (Lipinski definition) is 17. The molecule has 1 aromatic rings. The number of allylic oxidation sites excluding steroid dienone is 1. The van der Waals surface area contributed by atoms with E-state index in [1.165, 1.54) is 20.1 Å². The maximum atomic E-state index is 13.4. The van der Waals surface area contributed by atoms with E-state index in [1.54, 1.807) is 59.7 Å². The van der Waals surface area contributed by atoms with E-state index in [1.807, 2.05) is 30.3 Å². The number of epoxide rings is 1. The molecule has 0 radical (unpaired) electrons. The number of aliphatic hydroxyl groups is 2. The first kappa shape index (κ1) is 49.4. The van der Waals surface area contributed by atoms with E-state index in [0.29, 0.717) is 12.7 Å². The van der Waals surface area contributed by atoms with Crippen molar-refractivity contribution in [1.82, 2.24) is 4.90 Å². The fourth-order valence-electron chi connectivity index (χ4n) is 8.93. The summed E-state index contributed by atoms with van der Waals surface area (Å²) in [6.45, 7) is 9.56. The van der Waals surface area contributed by atoms with E-state index in [2.05, 4.69) is 0 Å². The van der Waals surface area contributed by atoms with Crippen LogP contribution in [0.5, 0.6) is 0 Å². The normalized spacial score (nSPS) is 39.6. The Hall–Kier alpha value is -3.65. The second kappa shape index (κ2) is 21.8. The number of likely N-dealkylation sites (N-methyl/N-ethyl adjacent to an activating group) is 1. The molecule has 346 valence electrons. The van der Waals surface area contributed by atoms with Gasteiger partial charge in [-0.15, -0.1) is 0 Å². The first-order valence-electron chi connectivity index (χ1n) is 21.4. The van der Waals surface area contributed by atoms with Gasteiger partial charge in [-0.05, 0) is 71.8 Å². The van der Waals surface area contributed by atoms with Gasteiger partial charge in [0.1, 0.15) is 48.5 Å². The molecule has 0 aromatic heterocycles. The third-order valence-corrected chi connectivity index (χ3v) is 12.0. The summed E-state index contributed by atoms with van der Waals surface area (Å²) in [6.07, 6.45) is -8.41. The highest BCUT2D eigenvalue weighted by atomic mass is 16.7. The molecule has 3 saturated heterocycles. The Morgan fingerprint density at radius 2 is 1.66 bits per heavy atom. The highest BCUT2D eigenvalue weighted by Crippen LogP contribution is 2.38. The number of hydrogen-bond donors (Lipinski definition) is 2. The van der Waals surface area contributed by atoms with Crippen molar-refractivity contribution in [1.29, 1.82) is 0 Å². The van der Waals surface area contributed by atoms with Crippen molar-refractivity contribution < 1.29 is 76.8 Å². The largest absolute Gasteiger partial charge is 0.462 e. The molecule has 1 aromatic carbocycles. The number of carbonyl (C=O) groups is 5. The van der Waals surface area contributed by atoms with Gasteiger partial charge in [0, 0.05) is 39.2 Å². The number of aliphatic hydroxyl groups excluding tert-OH is 1. The molecule has 17 heteroatoms. The third-order valence-electron chi connectivity index (χ3n) is 12.0. The van der Waals surface area contributed by atoms with Crippen LogP contribution in [-0.2, 0) is 73.0 Å². The summed E-state index contributed by atoms with van der Waals surface area (Å²) in [6, 6.07) is 8.30. The first-order valence-corrected chi connectivity index (χ1v) is 21.4. The number of fused-ring (bicyclic) bond motifs is 1. The number of nitrogens with zero attached hydrogens (tertiary/aromatic N) is 1. The zero-order chi connectivity index (χ0) is 45.5. The molecule has 17 nitrogen and oxygen atoms in total. The quantitative estimate of drug-likeness (QED) is 0.134. The van der Waals surface area contributed by atoms with Crippen LogP contribution in [0.3, 0.4) is 0 Å². The topological polar surface area (TPSA) is 215 Å². The van der Waals surface area contributed by atoms with Crippen molar-refractivity contribution in [3.8, 4) is 0 Å². The van der Waals surface area contributed by atoms with E-state index in [9.17, 15) is 34.2 Å². The monoisotopic (exact) mass is 875 g/mol. The zero-order valence-corrected chi connectivity index (χ0v) is 37.2. The summed E-state index contributed by atoms with van der Waals surface area (Å²) in [5.74, 6) is -3.52. The molecule has 62 heavy (non-hydrogen) atoms. The number of rotatable bonds is 12. The van der Waals surface area contributed by atoms with Gasteiger partial charge < -0.3 is 62.5 Å². The van der Waals surface area contributed by atoms with E-state index >= 15 is 0 Å². The second-order valence-electron chi connectivity index (χ2n) is 17.5. The lowest BCUT2D eigenvalue weighted by Gasteiger charge is -2.50. The maximum absolute atomic E-state index is 13.4. The summed E-state index contributed by atoms with van der Waals surface area (Å²) in [5.41, 5.74) is -0.786. The van der Waals surface area contributed by atoms with Gasteiger partial charge in [-0.2, -0.15) is 0 Å². The predicted octanol–water partition coefficient (Wildman–Crippen LogP) is 2.63. The number of benzene rings is 1. The Labute approximate surface area is 363 Å². The van der Waals surface area contributed by atoms with Crippen LogP contribution in [0, 0.1) is 11.8 Å². The van der Waals surface area contributed by atoms with Gasteiger partial charge in [0.2, 0.25) is 0 Å². The Morgan fingerprint density at radius 3 is 2.29 bits per heavy atom. The van der Waals surface area contributed by atoms with Gasteiger partial charge in [0.25, 0.3) is 0 Å². The van der Waals surface area contributed by atoms with Crippen LogP contribution in [0.2, 0.25) is 0 Å². The molecule has 0 amide bonds. The van der Waals surface area contributed by atoms with Gasteiger partial charge in [0.05, 0.1) is 43.3 Å². The molecular formula is C45H65NO16. The summed E-state index contributed by atoms with van der Waals surface area (Å²) in [7, 11) is 4.81. The molecule has 17 atom stereocenters.